The summed E-state index contributed by atoms with van der Waals surface area (Å²) >= 11 is 6.36. The van der Waals surface area contributed by atoms with Crippen LogP contribution in [0.2, 0.25) is 0 Å². The lowest BCUT2D eigenvalue weighted by Gasteiger charge is -2.23. The van der Waals surface area contributed by atoms with Crippen molar-refractivity contribution in [1.82, 2.24) is 10.5 Å². The zero-order valence-corrected chi connectivity index (χ0v) is 13.2. The average Bonchev–Trinajstić information content (AvgIpc) is 3.08. The molecule has 0 aliphatic carbocycles. The van der Waals surface area contributed by atoms with Crippen molar-refractivity contribution in [3.63, 3.8) is 0 Å². The molecule has 0 amide bonds. The number of aliphatic carboxylic acids is 2. The number of carboxylic acids is 2. The number of rotatable bonds is 3. The Morgan fingerprint density at radius 2 is 2.13 bits per heavy atom. The average molecular weight is 345 g/mol. The first kappa shape index (κ1) is 17.5. The van der Waals surface area contributed by atoms with Crippen LogP contribution in [0.25, 0.3) is 5.57 Å². The smallest absolute Gasteiger partial charge is 0.414 e. The molecule has 3 rings (SSSR count). The highest BCUT2D eigenvalue weighted by atomic mass is 35.5. The van der Waals surface area contributed by atoms with Gasteiger partial charge in [-0.15, -0.1) is 0 Å². The summed E-state index contributed by atoms with van der Waals surface area (Å²) < 4.78 is 10.2. The first-order chi connectivity index (χ1) is 10.9. The molecule has 2 aliphatic rings. The zero-order chi connectivity index (χ0) is 17.0. The topological polar surface area (TPSA) is 122 Å². The predicted molar refractivity (Wildman–Crippen MR) is 79.8 cm³/mol. The third kappa shape index (κ3) is 4.31. The molecule has 0 radical (unpaired) electrons. The van der Waals surface area contributed by atoms with Crippen molar-refractivity contribution in [3.05, 3.63) is 22.6 Å². The summed E-state index contributed by atoms with van der Waals surface area (Å²) in [6.45, 7) is 0.443. The molecular weight excluding hydrogens is 328 g/mol. The van der Waals surface area contributed by atoms with Crippen LogP contribution in [0.15, 0.2) is 15.6 Å². The molecule has 126 valence electrons. The Balaban J connectivity index is 0.000000277. The Morgan fingerprint density at radius 1 is 1.43 bits per heavy atom. The van der Waals surface area contributed by atoms with E-state index in [1.54, 1.807) is 7.11 Å². The van der Waals surface area contributed by atoms with Gasteiger partial charge in [-0.25, -0.2) is 9.59 Å². The monoisotopic (exact) mass is 344 g/mol. The SMILES string of the molecule is COCc1cc(C2=C(Cl)CC3CCC2N3)no1.O=C(O)C(=O)O. The lowest BCUT2D eigenvalue weighted by molar-refractivity contribution is -0.159. The molecule has 0 aromatic carbocycles. The molecule has 0 saturated carbocycles. The van der Waals surface area contributed by atoms with Crippen LogP contribution in [0.3, 0.4) is 0 Å². The minimum absolute atomic E-state index is 0.335. The van der Waals surface area contributed by atoms with Gasteiger partial charge in [-0.3, -0.25) is 0 Å². The third-order valence-electron chi connectivity index (χ3n) is 3.61. The van der Waals surface area contributed by atoms with Crippen LogP contribution in [0, 0.1) is 0 Å². The number of aromatic nitrogens is 1. The van der Waals surface area contributed by atoms with Gasteiger partial charge in [-0.1, -0.05) is 16.8 Å². The molecule has 8 nitrogen and oxygen atoms in total. The standard InChI is InChI=1S/C12H15ClN2O2.C2H2O4/c1-16-6-8-5-11(15-17-8)12-9(13)4-7-2-3-10(12)14-7;3-1(4)2(5)6/h5,7,10,14H,2-4,6H2,1H3;(H,3,4)(H,5,6). The highest BCUT2D eigenvalue weighted by molar-refractivity contribution is 6.33. The number of fused-ring (bicyclic) bond motifs is 2. The van der Waals surface area contributed by atoms with Gasteiger partial charge in [0.05, 0.1) is 0 Å². The summed E-state index contributed by atoms with van der Waals surface area (Å²) in [5, 5.41) is 23.4. The lowest BCUT2D eigenvalue weighted by atomic mass is 10.00. The molecule has 23 heavy (non-hydrogen) atoms. The summed E-state index contributed by atoms with van der Waals surface area (Å²) in [5.74, 6) is -2.91. The Hall–Kier alpha value is -1.90. The number of hydrogen-bond donors (Lipinski definition) is 3. The second kappa shape index (κ2) is 7.58. The fourth-order valence-electron chi connectivity index (χ4n) is 2.69. The number of methoxy groups -OCH3 is 1. The molecule has 2 bridgehead atoms. The normalized spacial score (nSPS) is 22.5. The summed E-state index contributed by atoms with van der Waals surface area (Å²) in [6, 6.07) is 2.80. The van der Waals surface area contributed by atoms with Crippen LogP contribution < -0.4 is 5.32 Å². The van der Waals surface area contributed by atoms with E-state index in [0.717, 1.165) is 34.9 Å². The van der Waals surface area contributed by atoms with Gasteiger partial charge < -0.3 is 24.8 Å². The highest BCUT2D eigenvalue weighted by Gasteiger charge is 2.35. The van der Waals surface area contributed by atoms with Crippen LogP contribution in [-0.4, -0.2) is 46.5 Å². The Labute approximate surface area is 137 Å². The van der Waals surface area contributed by atoms with Crippen LogP contribution in [0.1, 0.15) is 30.7 Å². The minimum atomic E-state index is -1.82. The van der Waals surface area contributed by atoms with E-state index in [0.29, 0.717) is 18.7 Å². The molecule has 3 N–H and O–H groups in total. The molecule has 2 aliphatic heterocycles. The quantitative estimate of drug-likeness (QED) is 0.704. The minimum Gasteiger partial charge on any atom is -0.473 e. The molecule has 0 spiro atoms. The molecule has 1 aromatic heterocycles. The van der Waals surface area contributed by atoms with Gasteiger partial charge in [-0.2, -0.15) is 0 Å². The molecule has 1 saturated heterocycles. The number of nitrogens with zero attached hydrogens (tertiary/aromatic N) is 1. The van der Waals surface area contributed by atoms with Crippen LogP contribution in [0.4, 0.5) is 0 Å². The largest absolute Gasteiger partial charge is 0.473 e. The second-order valence-corrected chi connectivity index (χ2v) is 5.69. The molecule has 2 atom stereocenters. The van der Waals surface area contributed by atoms with Crippen LogP contribution in [0.5, 0.6) is 0 Å². The van der Waals surface area contributed by atoms with Crippen LogP contribution in [-0.2, 0) is 20.9 Å². The zero-order valence-electron chi connectivity index (χ0n) is 12.4. The van der Waals surface area contributed by atoms with Gasteiger partial charge in [0.1, 0.15) is 12.3 Å². The fourth-order valence-corrected chi connectivity index (χ4v) is 3.11. The maximum absolute atomic E-state index is 9.10. The van der Waals surface area contributed by atoms with Gasteiger partial charge in [0.2, 0.25) is 0 Å². The third-order valence-corrected chi connectivity index (χ3v) is 3.97. The van der Waals surface area contributed by atoms with Crippen molar-refractivity contribution in [2.75, 3.05) is 7.11 Å². The highest BCUT2D eigenvalue weighted by Crippen LogP contribution is 2.38. The molecule has 2 unspecified atom stereocenters. The lowest BCUT2D eigenvalue weighted by Crippen LogP contribution is -2.34. The number of carbonyl (C=O) groups is 2. The van der Waals surface area contributed by atoms with Crippen LogP contribution >= 0.6 is 11.6 Å². The van der Waals surface area contributed by atoms with Gasteiger partial charge in [-0.05, 0) is 19.3 Å². The van der Waals surface area contributed by atoms with Gasteiger partial charge >= 0.3 is 11.9 Å². The maximum Gasteiger partial charge on any atom is 0.414 e. The number of carboxylic acid groups (broad SMARTS) is 2. The molecule has 1 aromatic rings. The van der Waals surface area contributed by atoms with E-state index in [2.05, 4.69) is 10.5 Å². The van der Waals surface area contributed by atoms with E-state index in [9.17, 15) is 0 Å². The molecule has 1 fully saturated rings. The van der Waals surface area contributed by atoms with Gasteiger partial charge in [0, 0.05) is 35.9 Å². The van der Waals surface area contributed by atoms with Crippen molar-refractivity contribution in [2.45, 2.75) is 38.0 Å². The number of hydrogen-bond acceptors (Lipinski definition) is 6. The van der Waals surface area contributed by atoms with E-state index in [1.165, 1.54) is 6.42 Å². The Bertz CT molecular complexity index is 615. The second-order valence-electron chi connectivity index (χ2n) is 5.24. The molecular formula is C14H17ClN2O6. The van der Waals surface area contributed by atoms with E-state index < -0.39 is 11.9 Å². The summed E-state index contributed by atoms with van der Waals surface area (Å²) in [4.78, 5) is 18.2. The van der Waals surface area contributed by atoms with E-state index in [4.69, 9.17) is 40.7 Å². The van der Waals surface area contributed by atoms with Gasteiger partial charge in [0.15, 0.2) is 5.76 Å². The number of ether oxygens (including phenoxy) is 1. The predicted octanol–water partition coefficient (Wildman–Crippen LogP) is 1.45. The van der Waals surface area contributed by atoms with E-state index >= 15 is 0 Å². The molecule has 3 heterocycles. The molecule has 9 heteroatoms. The Morgan fingerprint density at radius 3 is 2.74 bits per heavy atom. The summed E-state index contributed by atoms with van der Waals surface area (Å²) in [7, 11) is 1.64. The van der Waals surface area contributed by atoms with Crippen molar-refractivity contribution >= 4 is 29.1 Å². The fraction of sp³-hybridized carbons (Fsp3) is 0.500. The first-order valence-electron chi connectivity index (χ1n) is 6.98. The van der Waals surface area contributed by atoms with E-state index in [-0.39, 0.29) is 0 Å². The van der Waals surface area contributed by atoms with Crippen molar-refractivity contribution in [3.8, 4) is 0 Å². The van der Waals surface area contributed by atoms with Crippen molar-refractivity contribution in [2.24, 2.45) is 0 Å². The summed E-state index contributed by atoms with van der Waals surface area (Å²) in [6.07, 6.45) is 3.22. The first-order valence-corrected chi connectivity index (χ1v) is 7.35. The van der Waals surface area contributed by atoms with E-state index in [1.807, 2.05) is 6.07 Å². The summed E-state index contributed by atoms with van der Waals surface area (Å²) in [5.41, 5.74) is 1.95. The number of nitrogens with one attached hydrogen (secondary N) is 1. The maximum atomic E-state index is 9.10. The Kier molecular flexibility index (Phi) is 5.75. The van der Waals surface area contributed by atoms with Crippen molar-refractivity contribution in [1.29, 1.82) is 0 Å². The van der Waals surface area contributed by atoms with Gasteiger partial charge in [0.25, 0.3) is 0 Å². The number of halogens is 1. The van der Waals surface area contributed by atoms with Crippen molar-refractivity contribution < 1.29 is 29.1 Å².